The quantitative estimate of drug-likeness (QED) is 0.451. The number of thiazole rings is 1. The van der Waals surface area contributed by atoms with Gasteiger partial charge >= 0.3 is 0 Å². The van der Waals surface area contributed by atoms with Crippen LogP contribution in [0.5, 0.6) is 0 Å². The molecule has 0 atom stereocenters. The van der Waals surface area contributed by atoms with Crippen molar-refractivity contribution in [3.8, 4) is 11.3 Å². The smallest absolute Gasteiger partial charge is 0.282 e. The number of nitro benzene ring substituents is 1. The number of hydrogen-bond donors (Lipinski definition) is 1. The van der Waals surface area contributed by atoms with Gasteiger partial charge in [-0.2, -0.15) is 0 Å². The van der Waals surface area contributed by atoms with Gasteiger partial charge in [0.1, 0.15) is 5.56 Å². The van der Waals surface area contributed by atoms with Crippen molar-refractivity contribution in [2.75, 3.05) is 5.32 Å². The third-order valence-electron chi connectivity index (χ3n) is 3.56. The standard InChI is InChI=1S/C17H11Cl2N3O3S/c1-9-15(10-6-7-12(18)13(19)8-10)20-17(26-9)21-16(23)11-4-2-3-5-14(11)22(24)25/h2-8H,1H3,(H,20,21,23). The first kappa shape index (κ1) is 18.3. The SMILES string of the molecule is Cc1sc(NC(=O)c2ccccc2[N+](=O)[O-])nc1-c1ccc(Cl)c(Cl)c1. The highest BCUT2D eigenvalue weighted by molar-refractivity contribution is 7.16. The molecule has 0 radical (unpaired) electrons. The lowest BCUT2D eigenvalue weighted by atomic mass is 10.1. The summed E-state index contributed by atoms with van der Waals surface area (Å²) in [6, 6.07) is 10.9. The van der Waals surface area contributed by atoms with Gasteiger partial charge in [0, 0.05) is 16.5 Å². The molecule has 0 spiro atoms. The number of amides is 1. The summed E-state index contributed by atoms with van der Waals surface area (Å²) in [5, 5.41) is 14.9. The Morgan fingerprint density at radius 2 is 1.92 bits per heavy atom. The Balaban J connectivity index is 1.89. The molecule has 0 aliphatic carbocycles. The van der Waals surface area contributed by atoms with E-state index < -0.39 is 10.8 Å². The zero-order chi connectivity index (χ0) is 18.8. The second-order valence-corrected chi connectivity index (χ2v) is 7.30. The van der Waals surface area contributed by atoms with E-state index in [1.54, 1.807) is 24.3 Å². The molecule has 0 fully saturated rings. The fourth-order valence-electron chi connectivity index (χ4n) is 2.35. The molecule has 0 bridgehead atoms. The van der Waals surface area contributed by atoms with Gasteiger partial charge in [-0.3, -0.25) is 20.2 Å². The maximum Gasteiger partial charge on any atom is 0.282 e. The summed E-state index contributed by atoms with van der Waals surface area (Å²) >= 11 is 13.2. The lowest BCUT2D eigenvalue weighted by molar-refractivity contribution is -0.385. The van der Waals surface area contributed by atoms with Crippen LogP contribution in [-0.2, 0) is 0 Å². The summed E-state index contributed by atoms with van der Waals surface area (Å²) < 4.78 is 0. The molecular formula is C17H11Cl2N3O3S. The number of carbonyl (C=O) groups excluding carboxylic acids is 1. The highest BCUT2D eigenvalue weighted by Gasteiger charge is 2.21. The number of carbonyl (C=O) groups is 1. The van der Waals surface area contributed by atoms with E-state index >= 15 is 0 Å². The van der Waals surface area contributed by atoms with E-state index in [9.17, 15) is 14.9 Å². The molecular weight excluding hydrogens is 397 g/mol. The van der Waals surface area contributed by atoms with Gasteiger partial charge in [0.15, 0.2) is 5.13 Å². The Kier molecular flexibility index (Phi) is 5.22. The largest absolute Gasteiger partial charge is 0.298 e. The average molecular weight is 408 g/mol. The molecule has 0 aliphatic heterocycles. The number of benzene rings is 2. The number of nitro groups is 1. The van der Waals surface area contributed by atoms with Crippen LogP contribution < -0.4 is 5.32 Å². The predicted octanol–water partition coefficient (Wildman–Crippen LogP) is 5.59. The van der Waals surface area contributed by atoms with Crippen molar-refractivity contribution in [2.45, 2.75) is 6.92 Å². The van der Waals surface area contributed by atoms with E-state index in [4.69, 9.17) is 23.2 Å². The van der Waals surface area contributed by atoms with Crippen molar-refractivity contribution in [3.63, 3.8) is 0 Å². The van der Waals surface area contributed by atoms with E-state index in [-0.39, 0.29) is 11.3 Å². The van der Waals surface area contributed by atoms with Gasteiger partial charge < -0.3 is 0 Å². The minimum absolute atomic E-state index is 0.0264. The maximum absolute atomic E-state index is 12.4. The van der Waals surface area contributed by atoms with E-state index in [0.717, 1.165) is 10.4 Å². The first-order valence-electron chi connectivity index (χ1n) is 7.34. The average Bonchev–Trinajstić information content (AvgIpc) is 2.97. The highest BCUT2D eigenvalue weighted by atomic mass is 35.5. The van der Waals surface area contributed by atoms with Gasteiger partial charge in [0.05, 0.1) is 20.7 Å². The fraction of sp³-hybridized carbons (Fsp3) is 0.0588. The van der Waals surface area contributed by atoms with Gasteiger partial charge in [0.25, 0.3) is 11.6 Å². The van der Waals surface area contributed by atoms with Crippen molar-refractivity contribution in [1.29, 1.82) is 0 Å². The minimum Gasteiger partial charge on any atom is -0.298 e. The molecule has 0 unspecified atom stereocenters. The molecule has 0 aliphatic rings. The molecule has 26 heavy (non-hydrogen) atoms. The van der Waals surface area contributed by atoms with E-state index in [2.05, 4.69) is 10.3 Å². The van der Waals surface area contributed by atoms with E-state index in [0.29, 0.717) is 20.9 Å². The maximum atomic E-state index is 12.4. The van der Waals surface area contributed by atoms with Gasteiger partial charge in [-0.25, -0.2) is 4.98 Å². The molecule has 1 amide bonds. The van der Waals surface area contributed by atoms with Crippen LogP contribution in [-0.4, -0.2) is 15.8 Å². The Morgan fingerprint density at radius 1 is 1.19 bits per heavy atom. The summed E-state index contributed by atoms with van der Waals surface area (Å²) in [6.45, 7) is 1.86. The number of hydrogen-bond acceptors (Lipinski definition) is 5. The van der Waals surface area contributed by atoms with Crippen LogP contribution in [0.15, 0.2) is 42.5 Å². The summed E-state index contributed by atoms with van der Waals surface area (Å²) in [5.74, 6) is -0.591. The molecule has 6 nitrogen and oxygen atoms in total. The summed E-state index contributed by atoms with van der Waals surface area (Å²) in [6.07, 6.45) is 0. The number of halogens is 2. The topological polar surface area (TPSA) is 85.1 Å². The predicted molar refractivity (Wildman–Crippen MR) is 103 cm³/mol. The summed E-state index contributed by atoms with van der Waals surface area (Å²) in [4.78, 5) is 28.2. The molecule has 0 saturated carbocycles. The van der Waals surface area contributed by atoms with Crippen molar-refractivity contribution < 1.29 is 9.72 Å². The van der Waals surface area contributed by atoms with Crippen LogP contribution >= 0.6 is 34.5 Å². The van der Waals surface area contributed by atoms with Crippen molar-refractivity contribution >= 4 is 51.3 Å². The Labute approximate surface area is 162 Å². The molecule has 0 saturated heterocycles. The number of rotatable bonds is 4. The summed E-state index contributed by atoms with van der Waals surface area (Å²) in [7, 11) is 0. The lowest BCUT2D eigenvalue weighted by Crippen LogP contribution is -2.13. The molecule has 1 heterocycles. The first-order chi connectivity index (χ1) is 12.4. The van der Waals surface area contributed by atoms with E-state index in [1.807, 2.05) is 6.92 Å². The van der Waals surface area contributed by atoms with Crippen LogP contribution in [0.25, 0.3) is 11.3 Å². The third kappa shape index (κ3) is 3.70. The van der Waals surface area contributed by atoms with Crippen LogP contribution in [0.4, 0.5) is 10.8 Å². The zero-order valence-corrected chi connectivity index (χ0v) is 15.7. The Hall–Kier alpha value is -2.48. The minimum atomic E-state index is -0.594. The van der Waals surface area contributed by atoms with Gasteiger partial charge in [0.2, 0.25) is 0 Å². The molecule has 1 aromatic heterocycles. The van der Waals surface area contributed by atoms with Gasteiger partial charge in [-0.1, -0.05) is 41.4 Å². The molecule has 1 N–H and O–H groups in total. The third-order valence-corrected chi connectivity index (χ3v) is 5.18. The number of para-hydroxylation sites is 1. The molecule has 2 aromatic carbocycles. The van der Waals surface area contributed by atoms with E-state index in [1.165, 1.54) is 29.5 Å². The first-order valence-corrected chi connectivity index (χ1v) is 8.91. The summed E-state index contributed by atoms with van der Waals surface area (Å²) in [5.41, 5.74) is 1.13. The normalized spacial score (nSPS) is 10.6. The number of aryl methyl sites for hydroxylation is 1. The Morgan fingerprint density at radius 3 is 2.62 bits per heavy atom. The van der Waals surface area contributed by atoms with Crippen LogP contribution in [0.3, 0.4) is 0 Å². The Bertz CT molecular complexity index is 1020. The monoisotopic (exact) mass is 407 g/mol. The molecule has 3 aromatic rings. The number of nitrogens with one attached hydrogen (secondary N) is 1. The van der Waals surface area contributed by atoms with Gasteiger partial charge in [-0.15, -0.1) is 11.3 Å². The van der Waals surface area contributed by atoms with Crippen molar-refractivity contribution in [1.82, 2.24) is 4.98 Å². The van der Waals surface area contributed by atoms with Crippen LogP contribution in [0.1, 0.15) is 15.2 Å². The zero-order valence-electron chi connectivity index (χ0n) is 13.3. The van der Waals surface area contributed by atoms with Crippen molar-refractivity contribution in [3.05, 3.63) is 73.1 Å². The number of nitrogens with zero attached hydrogens (tertiary/aromatic N) is 2. The van der Waals surface area contributed by atoms with Gasteiger partial charge in [-0.05, 0) is 25.1 Å². The fourth-order valence-corrected chi connectivity index (χ4v) is 3.48. The number of aromatic nitrogens is 1. The lowest BCUT2D eigenvalue weighted by Gasteiger charge is -2.03. The van der Waals surface area contributed by atoms with Crippen LogP contribution in [0.2, 0.25) is 10.0 Å². The van der Waals surface area contributed by atoms with Crippen molar-refractivity contribution in [2.24, 2.45) is 0 Å². The van der Waals surface area contributed by atoms with Crippen LogP contribution in [0, 0.1) is 17.0 Å². The highest BCUT2D eigenvalue weighted by Crippen LogP contribution is 2.34. The molecule has 3 rings (SSSR count). The molecule has 9 heteroatoms. The number of anilines is 1. The second kappa shape index (κ2) is 7.41. The second-order valence-electron chi connectivity index (χ2n) is 5.28. The molecule has 132 valence electrons.